The van der Waals surface area contributed by atoms with Crippen LogP contribution in [0.5, 0.6) is 17.2 Å². The van der Waals surface area contributed by atoms with Gasteiger partial charge in [0.25, 0.3) is 5.91 Å². The van der Waals surface area contributed by atoms with E-state index in [4.69, 9.17) is 18.9 Å². The van der Waals surface area contributed by atoms with Crippen molar-refractivity contribution >= 4 is 11.9 Å². The van der Waals surface area contributed by atoms with Crippen molar-refractivity contribution in [3.63, 3.8) is 0 Å². The molecule has 2 aromatic rings. The van der Waals surface area contributed by atoms with Crippen LogP contribution >= 0.6 is 0 Å². The highest BCUT2D eigenvalue weighted by Gasteiger charge is 2.14. The fraction of sp³-hybridized carbons (Fsp3) is 0.333. The number of benzene rings is 2. The van der Waals surface area contributed by atoms with E-state index in [1.54, 1.807) is 63.7 Å². The molecule has 1 unspecified atom stereocenters. The average Bonchev–Trinajstić information content (AvgIpc) is 2.67. The maximum Gasteiger partial charge on any atom is 0.338 e. The van der Waals surface area contributed by atoms with Crippen LogP contribution in [0.25, 0.3) is 0 Å². The lowest BCUT2D eigenvalue weighted by atomic mass is 10.2. The smallest absolute Gasteiger partial charge is 0.338 e. The van der Waals surface area contributed by atoms with Gasteiger partial charge in [0, 0.05) is 32.8 Å². The van der Waals surface area contributed by atoms with Crippen LogP contribution in [-0.4, -0.2) is 57.8 Å². The van der Waals surface area contributed by atoms with Gasteiger partial charge < -0.3 is 23.8 Å². The number of methoxy groups -OCH3 is 2. The molecule has 0 radical (unpaired) electrons. The van der Waals surface area contributed by atoms with E-state index < -0.39 is 5.97 Å². The molecule has 0 saturated carbocycles. The number of amides is 1. The number of hydrogen-bond donors (Lipinski definition) is 0. The Labute approximate surface area is 164 Å². The lowest BCUT2D eigenvalue weighted by Crippen LogP contribution is -2.21. The molecule has 28 heavy (non-hydrogen) atoms. The minimum absolute atomic E-state index is 0.0953. The molecular weight excluding hydrogens is 362 g/mol. The average molecular weight is 387 g/mol. The molecule has 0 heterocycles. The zero-order chi connectivity index (χ0) is 20.7. The highest BCUT2D eigenvalue weighted by Crippen LogP contribution is 2.29. The minimum atomic E-state index is -0.498. The Hall–Kier alpha value is -3.06. The number of rotatable bonds is 8. The van der Waals surface area contributed by atoms with Crippen molar-refractivity contribution in [3.8, 4) is 17.2 Å². The summed E-state index contributed by atoms with van der Waals surface area (Å²) in [4.78, 5) is 25.4. The quantitative estimate of drug-likeness (QED) is 0.647. The monoisotopic (exact) mass is 387 g/mol. The van der Waals surface area contributed by atoms with Gasteiger partial charge >= 0.3 is 5.97 Å². The van der Waals surface area contributed by atoms with Gasteiger partial charge in [0.05, 0.1) is 19.3 Å². The normalized spacial score (nSPS) is 11.5. The Morgan fingerprint density at radius 3 is 2.14 bits per heavy atom. The molecule has 0 aliphatic heterocycles. The molecule has 0 aliphatic rings. The Bertz CT molecular complexity index is 816. The van der Waals surface area contributed by atoms with E-state index in [1.807, 2.05) is 6.92 Å². The molecule has 0 aromatic heterocycles. The number of ether oxygens (including phenoxy) is 4. The van der Waals surface area contributed by atoms with E-state index in [-0.39, 0.29) is 12.0 Å². The second-order valence-corrected chi connectivity index (χ2v) is 6.39. The third-order valence-corrected chi connectivity index (χ3v) is 3.78. The van der Waals surface area contributed by atoms with Crippen molar-refractivity contribution in [3.05, 3.63) is 53.6 Å². The lowest BCUT2D eigenvalue weighted by molar-refractivity contribution is 0.0598. The molecule has 150 valence electrons. The fourth-order valence-electron chi connectivity index (χ4n) is 2.50. The van der Waals surface area contributed by atoms with Crippen molar-refractivity contribution in [1.29, 1.82) is 0 Å². The predicted octanol–water partition coefficient (Wildman–Crippen LogP) is 3.38. The molecular formula is C21H25NO6. The van der Waals surface area contributed by atoms with Gasteiger partial charge in [-0.1, -0.05) is 0 Å². The number of nitrogens with zero attached hydrogens (tertiary/aromatic N) is 1. The molecule has 0 bridgehead atoms. The predicted molar refractivity (Wildman–Crippen MR) is 104 cm³/mol. The van der Waals surface area contributed by atoms with E-state index >= 15 is 0 Å². The van der Waals surface area contributed by atoms with Crippen LogP contribution in [0.2, 0.25) is 0 Å². The van der Waals surface area contributed by atoms with E-state index in [0.29, 0.717) is 35.0 Å². The molecule has 1 atom stereocenters. The number of hydrogen-bond acceptors (Lipinski definition) is 6. The van der Waals surface area contributed by atoms with E-state index in [0.717, 1.165) is 0 Å². The summed E-state index contributed by atoms with van der Waals surface area (Å²) in [5.74, 6) is 0.799. The first kappa shape index (κ1) is 21.2. The molecule has 0 fully saturated rings. The largest absolute Gasteiger partial charge is 0.488 e. The summed E-state index contributed by atoms with van der Waals surface area (Å²) >= 11 is 0. The van der Waals surface area contributed by atoms with Crippen molar-refractivity contribution in [2.75, 3.05) is 34.9 Å². The van der Waals surface area contributed by atoms with Crippen molar-refractivity contribution in [2.24, 2.45) is 0 Å². The van der Waals surface area contributed by atoms with Gasteiger partial charge in [0.2, 0.25) is 0 Å². The summed E-state index contributed by atoms with van der Waals surface area (Å²) in [6, 6.07) is 11.6. The Morgan fingerprint density at radius 1 is 0.929 bits per heavy atom. The highest BCUT2D eigenvalue weighted by molar-refractivity contribution is 5.94. The summed E-state index contributed by atoms with van der Waals surface area (Å²) in [5, 5.41) is 0. The standard InChI is InChI=1S/C21H25NO6/c1-14(13-25-4)27-18-10-16(21(24)26-5)11-19(12-18)28-17-8-6-15(7-9-17)20(23)22(2)3/h6-12,14H,13H2,1-5H3. The molecule has 0 saturated heterocycles. The lowest BCUT2D eigenvalue weighted by Gasteiger charge is -2.16. The first-order valence-corrected chi connectivity index (χ1v) is 8.72. The zero-order valence-electron chi connectivity index (χ0n) is 16.7. The third kappa shape index (κ3) is 5.72. The Kier molecular flexibility index (Phi) is 7.40. The molecule has 0 aliphatic carbocycles. The summed E-state index contributed by atoms with van der Waals surface area (Å²) < 4.78 is 21.5. The maximum atomic E-state index is 12.0. The minimum Gasteiger partial charge on any atom is -0.488 e. The van der Waals surface area contributed by atoms with E-state index in [1.165, 1.54) is 12.0 Å². The summed E-state index contributed by atoms with van der Waals surface area (Å²) in [5.41, 5.74) is 0.858. The van der Waals surface area contributed by atoms with Gasteiger partial charge in [-0.2, -0.15) is 0 Å². The second-order valence-electron chi connectivity index (χ2n) is 6.39. The van der Waals surface area contributed by atoms with Crippen molar-refractivity contribution in [1.82, 2.24) is 4.90 Å². The van der Waals surface area contributed by atoms with Gasteiger partial charge in [-0.3, -0.25) is 4.79 Å². The van der Waals surface area contributed by atoms with Crippen molar-refractivity contribution in [2.45, 2.75) is 13.0 Å². The van der Waals surface area contributed by atoms with Crippen LogP contribution in [0.15, 0.2) is 42.5 Å². The number of carbonyl (C=O) groups excluding carboxylic acids is 2. The maximum absolute atomic E-state index is 12.0. The van der Waals surface area contributed by atoms with Crippen LogP contribution in [0.4, 0.5) is 0 Å². The first-order valence-electron chi connectivity index (χ1n) is 8.72. The summed E-state index contributed by atoms with van der Waals surface area (Å²) in [6.07, 6.45) is -0.206. The van der Waals surface area contributed by atoms with Crippen LogP contribution in [-0.2, 0) is 9.47 Å². The topological polar surface area (TPSA) is 74.3 Å². The van der Waals surface area contributed by atoms with Crippen molar-refractivity contribution < 1.29 is 28.5 Å². The van der Waals surface area contributed by atoms with Crippen LogP contribution in [0.1, 0.15) is 27.6 Å². The number of esters is 1. The molecule has 2 aromatic carbocycles. The van der Waals surface area contributed by atoms with Gasteiger partial charge in [-0.25, -0.2) is 4.79 Å². The van der Waals surface area contributed by atoms with Crippen LogP contribution in [0.3, 0.4) is 0 Å². The highest BCUT2D eigenvalue weighted by atomic mass is 16.5. The third-order valence-electron chi connectivity index (χ3n) is 3.78. The Balaban J connectivity index is 2.25. The van der Waals surface area contributed by atoms with Gasteiger partial charge in [-0.05, 0) is 43.3 Å². The molecule has 7 heteroatoms. The zero-order valence-corrected chi connectivity index (χ0v) is 16.7. The molecule has 0 N–H and O–H groups in total. The van der Waals surface area contributed by atoms with E-state index in [9.17, 15) is 9.59 Å². The van der Waals surface area contributed by atoms with Crippen LogP contribution < -0.4 is 9.47 Å². The fourth-order valence-corrected chi connectivity index (χ4v) is 2.50. The second kappa shape index (κ2) is 9.75. The SMILES string of the molecule is COCC(C)Oc1cc(Oc2ccc(C(=O)N(C)C)cc2)cc(C(=O)OC)c1. The molecule has 7 nitrogen and oxygen atoms in total. The van der Waals surface area contributed by atoms with Gasteiger partial charge in [0.15, 0.2) is 0 Å². The Morgan fingerprint density at radius 2 is 1.57 bits per heavy atom. The summed E-state index contributed by atoms with van der Waals surface area (Å²) in [6.45, 7) is 2.26. The first-order chi connectivity index (χ1) is 13.3. The molecule has 2 rings (SSSR count). The van der Waals surface area contributed by atoms with E-state index in [2.05, 4.69) is 0 Å². The van der Waals surface area contributed by atoms with Gasteiger partial charge in [0.1, 0.15) is 23.4 Å². The molecule has 1 amide bonds. The molecule has 0 spiro atoms. The van der Waals surface area contributed by atoms with Crippen LogP contribution in [0, 0.1) is 0 Å². The summed E-state index contributed by atoms with van der Waals surface area (Å²) in [7, 11) is 6.28. The van der Waals surface area contributed by atoms with Gasteiger partial charge in [-0.15, -0.1) is 0 Å². The number of carbonyl (C=O) groups is 2.